The van der Waals surface area contributed by atoms with Crippen LogP contribution in [0.2, 0.25) is 0 Å². The molecule has 3 heteroatoms. The Bertz CT molecular complexity index is 452. The zero-order valence-corrected chi connectivity index (χ0v) is 15.6. The molecule has 0 saturated heterocycles. The summed E-state index contributed by atoms with van der Waals surface area (Å²) in [4.78, 5) is 0. The molecule has 0 unspecified atom stereocenters. The quantitative estimate of drug-likeness (QED) is 0.692. The molecule has 0 heterocycles. The van der Waals surface area contributed by atoms with E-state index in [0.717, 1.165) is 38.5 Å². The molecule has 2 aliphatic carbocycles. The van der Waals surface area contributed by atoms with Gasteiger partial charge in [0, 0.05) is 0 Å². The van der Waals surface area contributed by atoms with Gasteiger partial charge in [0.2, 0.25) is 0 Å². The Balaban J connectivity index is 2.29. The van der Waals surface area contributed by atoms with Crippen LogP contribution in [0.4, 0.5) is 0 Å². The first-order valence-electron chi connectivity index (χ1n) is 9.20. The molecule has 2 fully saturated rings. The van der Waals surface area contributed by atoms with Crippen molar-refractivity contribution >= 4 is 0 Å². The number of aliphatic hydroxyl groups excluding tert-OH is 2. The third-order valence-electron chi connectivity index (χ3n) is 6.93. The fourth-order valence-corrected chi connectivity index (χ4v) is 6.06. The van der Waals surface area contributed by atoms with Gasteiger partial charge < -0.3 is 15.3 Å². The molecule has 0 aromatic rings. The van der Waals surface area contributed by atoms with Gasteiger partial charge in [0.1, 0.15) is 0 Å². The maximum atomic E-state index is 11.1. The average Bonchev–Trinajstić information content (AvgIpc) is 2.34. The molecule has 0 bridgehead atoms. The predicted molar refractivity (Wildman–Crippen MR) is 94.0 cm³/mol. The fraction of sp³-hybridized carbons (Fsp3) is 0.900. The number of allylic oxidation sites excluding steroid dienone is 1. The molecule has 0 amide bonds. The van der Waals surface area contributed by atoms with Crippen molar-refractivity contribution in [1.82, 2.24) is 0 Å². The Morgan fingerprint density at radius 1 is 1.17 bits per heavy atom. The van der Waals surface area contributed by atoms with E-state index in [1.165, 1.54) is 5.57 Å². The summed E-state index contributed by atoms with van der Waals surface area (Å²) < 4.78 is 0. The lowest BCUT2D eigenvalue weighted by atomic mass is 9.44. The second-order valence-electron chi connectivity index (χ2n) is 9.33. The minimum Gasteiger partial charge on any atom is -0.393 e. The minimum absolute atomic E-state index is 0.0254. The molecule has 5 atom stereocenters. The lowest BCUT2D eigenvalue weighted by Gasteiger charge is -2.62. The molecule has 3 N–H and O–H groups in total. The van der Waals surface area contributed by atoms with E-state index in [1.807, 2.05) is 19.9 Å². The lowest BCUT2D eigenvalue weighted by Crippen LogP contribution is -2.59. The molecule has 2 aliphatic rings. The monoisotopic (exact) mass is 324 g/mol. The maximum absolute atomic E-state index is 11.1. The van der Waals surface area contributed by atoms with E-state index >= 15 is 0 Å². The Hall–Kier alpha value is -0.380. The van der Waals surface area contributed by atoms with E-state index < -0.39 is 5.60 Å². The van der Waals surface area contributed by atoms with E-state index in [9.17, 15) is 10.2 Å². The Kier molecular flexibility index (Phi) is 5.35. The summed E-state index contributed by atoms with van der Waals surface area (Å²) in [6.45, 7) is 11.0. The molecule has 134 valence electrons. The second-order valence-corrected chi connectivity index (χ2v) is 9.33. The van der Waals surface area contributed by atoms with E-state index in [-0.39, 0.29) is 29.5 Å². The van der Waals surface area contributed by atoms with Crippen molar-refractivity contribution in [2.45, 2.75) is 84.8 Å². The van der Waals surface area contributed by atoms with E-state index in [2.05, 4.69) is 20.8 Å². The van der Waals surface area contributed by atoms with Gasteiger partial charge in [0.05, 0.1) is 18.3 Å². The van der Waals surface area contributed by atoms with Gasteiger partial charge in [-0.05, 0) is 75.0 Å². The SMILES string of the molecule is C/C(=C\CO)CC[C@H]1[C@]2(C)C[C@H](O)CC(C)(C)[C@H]2CC[C@]1(C)O. The molecule has 2 saturated carbocycles. The first-order chi connectivity index (χ1) is 10.5. The van der Waals surface area contributed by atoms with Crippen molar-refractivity contribution in [2.24, 2.45) is 22.7 Å². The largest absolute Gasteiger partial charge is 0.393 e. The van der Waals surface area contributed by atoms with Crippen LogP contribution in [-0.2, 0) is 0 Å². The summed E-state index contributed by atoms with van der Waals surface area (Å²) in [6.07, 6.45) is 6.97. The van der Waals surface area contributed by atoms with E-state index in [0.29, 0.717) is 5.92 Å². The van der Waals surface area contributed by atoms with Crippen molar-refractivity contribution in [3.63, 3.8) is 0 Å². The normalized spacial score (nSPS) is 44.0. The molecule has 3 nitrogen and oxygen atoms in total. The molecule has 0 spiro atoms. The van der Waals surface area contributed by atoms with Gasteiger partial charge in [-0.3, -0.25) is 0 Å². The van der Waals surface area contributed by atoms with Gasteiger partial charge in [-0.25, -0.2) is 0 Å². The van der Waals surface area contributed by atoms with Crippen molar-refractivity contribution in [3.05, 3.63) is 11.6 Å². The molecule has 2 rings (SSSR count). The fourth-order valence-electron chi connectivity index (χ4n) is 6.06. The van der Waals surface area contributed by atoms with Crippen LogP contribution in [0.15, 0.2) is 11.6 Å². The predicted octanol–water partition coefficient (Wildman–Crippen LogP) is 3.67. The topological polar surface area (TPSA) is 60.7 Å². The summed E-state index contributed by atoms with van der Waals surface area (Å²) in [5, 5.41) is 30.6. The Labute approximate surface area is 141 Å². The third kappa shape index (κ3) is 3.67. The van der Waals surface area contributed by atoms with Crippen LogP contribution in [-0.4, -0.2) is 33.6 Å². The summed E-state index contributed by atoms with van der Waals surface area (Å²) in [7, 11) is 0. The molecule has 0 aromatic heterocycles. The van der Waals surface area contributed by atoms with Crippen LogP contribution in [0.25, 0.3) is 0 Å². The van der Waals surface area contributed by atoms with Gasteiger partial charge in [0.15, 0.2) is 0 Å². The van der Waals surface area contributed by atoms with Gasteiger partial charge in [-0.15, -0.1) is 0 Å². The van der Waals surface area contributed by atoms with Crippen molar-refractivity contribution < 1.29 is 15.3 Å². The highest BCUT2D eigenvalue weighted by molar-refractivity contribution is 5.10. The van der Waals surface area contributed by atoms with Crippen LogP contribution in [0.3, 0.4) is 0 Å². The first kappa shape index (κ1) is 19.0. The summed E-state index contributed by atoms with van der Waals surface area (Å²) in [5.74, 6) is 0.732. The summed E-state index contributed by atoms with van der Waals surface area (Å²) in [5.41, 5.74) is 0.613. The van der Waals surface area contributed by atoms with Crippen LogP contribution in [0.1, 0.15) is 73.1 Å². The highest BCUT2D eigenvalue weighted by Crippen LogP contribution is 2.62. The van der Waals surface area contributed by atoms with Gasteiger partial charge >= 0.3 is 0 Å². The zero-order valence-electron chi connectivity index (χ0n) is 15.6. The smallest absolute Gasteiger partial charge is 0.0653 e. The molecule has 0 radical (unpaired) electrons. The summed E-state index contributed by atoms with van der Waals surface area (Å²) in [6, 6.07) is 0. The van der Waals surface area contributed by atoms with E-state index in [4.69, 9.17) is 5.11 Å². The van der Waals surface area contributed by atoms with Crippen LogP contribution < -0.4 is 0 Å². The molecular weight excluding hydrogens is 288 g/mol. The minimum atomic E-state index is -0.669. The lowest BCUT2D eigenvalue weighted by molar-refractivity contribution is -0.188. The summed E-state index contributed by atoms with van der Waals surface area (Å²) >= 11 is 0. The van der Waals surface area contributed by atoms with Gasteiger partial charge in [-0.1, -0.05) is 32.4 Å². The van der Waals surface area contributed by atoms with Crippen molar-refractivity contribution in [2.75, 3.05) is 6.61 Å². The number of aliphatic hydroxyl groups is 3. The highest BCUT2D eigenvalue weighted by Gasteiger charge is 2.59. The number of rotatable bonds is 4. The van der Waals surface area contributed by atoms with Crippen LogP contribution in [0.5, 0.6) is 0 Å². The number of hydrogen-bond donors (Lipinski definition) is 3. The molecule has 0 aliphatic heterocycles. The Morgan fingerprint density at radius 2 is 1.83 bits per heavy atom. The highest BCUT2D eigenvalue weighted by atomic mass is 16.3. The van der Waals surface area contributed by atoms with Gasteiger partial charge in [0.25, 0.3) is 0 Å². The standard InChI is InChI=1S/C20H36O3/c1-14(9-11-21)6-7-17-19(4)13-15(22)12-18(2,3)16(19)8-10-20(17,5)23/h9,15-17,21-23H,6-8,10-13H2,1-5H3/b14-9+/t15-,16-,17+,19-,20+/m1/s1. The maximum Gasteiger partial charge on any atom is 0.0653 e. The molecule has 0 aromatic carbocycles. The molecule has 23 heavy (non-hydrogen) atoms. The number of hydrogen-bond acceptors (Lipinski definition) is 3. The molecular formula is C20H36O3. The average molecular weight is 325 g/mol. The first-order valence-corrected chi connectivity index (χ1v) is 9.20. The Morgan fingerprint density at radius 3 is 2.43 bits per heavy atom. The van der Waals surface area contributed by atoms with Crippen LogP contribution >= 0.6 is 0 Å². The van der Waals surface area contributed by atoms with Gasteiger partial charge in [-0.2, -0.15) is 0 Å². The van der Waals surface area contributed by atoms with Crippen LogP contribution in [0, 0.1) is 22.7 Å². The zero-order chi connectivity index (χ0) is 17.5. The van der Waals surface area contributed by atoms with Crippen molar-refractivity contribution in [1.29, 1.82) is 0 Å². The van der Waals surface area contributed by atoms with Crippen molar-refractivity contribution in [3.8, 4) is 0 Å². The van der Waals surface area contributed by atoms with E-state index in [1.54, 1.807) is 0 Å². The number of fused-ring (bicyclic) bond motifs is 1. The third-order valence-corrected chi connectivity index (χ3v) is 6.93. The second kappa shape index (κ2) is 6.50.